The lowest BCUT2D eigenvalue weighted by molar-refractivity contribution is -0.139. The Labute approximate surface area is 219 Å². The van der Waals surface area contributed by atoms with E-state index in [-0.39, 0.29) is 30.4 Å². The van der Waals surface area contributed by atoms with Crippen LogP contribution in [0, 0.1) is 6.92 Å². The van der Waals surface area contributed by atoms with Gasteiger partial charge in [0.1, 0.15) is 12.4 Å². The number of ether oxygens (including phenoxy) is 2. The highest BCUT2D eigenvalue weighted by atomic mass is 16.5. The van der Waals surface area contributed by atoms with Gasteiger partial charge >= 0.3 is 0 Å². The molecule has 1 N–H and O–H groups in total. The van der Waals surface area contributed by atoms with Crippen molar-refractivity contribution in [3.8, 4) is 5.69 Å². The molecule has 0 fully saturated rings. The van der Waals surface area contributed by atoms with Crippen molar-refractivity contribution in [2.24, 2.45) is 0 Å². The standard InChI is InChI=1S/C29H38N4O4/c1-22-12-14-24(15-13-22)33-26(18-25(31-33)29(2,3)4)30-27(34)19-32(16-9-17-36-5)28(35)21-37-20-23-10-7-6-8-11-23/h6-8,10-15,18H,9,16-17,19-21H2,1-5H3,(H,30,34). The van der Waals surface area contributed by atoms with Crippen molar-refractivity contribution in [2.75, 3.05) is 38.7 Å². The van der Waals surface area contributed by atoms with Crippen molar-refractivity contribution in [2.45, 2.75) is 46.1 Å². The minimum Gasteiger partial charge on any atom is -0.385 e. The first-order chi connectivity index (χ1) is 17.7. The van der Waals surface area contributed by atoms with Crippen molar-refractivity contribution in [1.29, 1.82) is 0 Å². The fraction of sp³-hybridized carbons (Fsp3) is 0.414. The van der Waals surface area contributed by atoms with Gasteiger partial charge in [-0.1, -0.05) is 68.8 Å². The molecule has 0 aliphatic carbocycles. The molecule has 37 heavy (non-hydrogen) atoms. The first-order valence-electron chi connectivity index (χ1n) is 12.5. The number of nitrogens with one attached hydrogen (secondary N) is 1. The molecule has 0 bridgehead atoms. The number of nitrogens with zero attached hydrogens (tertiary/aromatic N) is 3. The lowest BCUT2D eigenvalue weighted by Gasteiger charge is -2.22. The van der Waals surface area contributed by atoms with Crippen LogP contribution in [0.5, 0.6) is 0 Å². The van der Waals surface area contributed by atoms with E-state index in [0.29, 0.717) is 32.0 Å². The molecule has 0 atom stereocenters. The minimum atomic E-state index is -0.303. The lowest BCUT2D eigenvalue weighted by Crippen LogP contribution is -2.41. The maximum Gasteiger partial charge on any atom is 0.249 e. The van der Waals surface area contributed by atoms with E-state index in [2.05, 4.69) is 26.1 Å². The summed E-state index contributed by atoms with van der Waals surface area (Å²) in [5.41, 5.74) is 3.62. The molecule has 2 aromatic carbocycles. The van der Waals surface area contributed by atoms with E-state index in [1.54, 1.807) is 11.8 Å². The number of amides is 2. The molecule has 0 saturated carbocycles. The van der Waals surface area contributed by atoms with E-state index in [1.165, 1.54) is 4.90 Å². The zero-order valence-electron chi connectivity index (χ0n) is 22.5. The van der Waals surface area contributed by atoms with Crippen LogP contribution in [0.15, 0.2) is 60.7 Å². The average molecular weight is 507 g/mol. The smallest absolute Gasteiger partial charge is 0.249 e. The van der Waals surface area contributed by atoms with Gasteiger partial charge in [-0.3, -0.25) is 9.59 Å². The van der Waals surface area contributed by atoms with Gasteiger partial charge in [0, 0.05) is 31.7 Å². The highest BCUT2D eigenvalue weighted by molar-refractivity contribution is 5.94. The molecule has 3 rings (SSSR count). The summed E-state index contributed by atoms with van der Waals surface area (Å²) in [6.07, 6.45) is 0.615. The molecule has 8 heteroatoms. The largest absolute Gasteiger partial charge is 0.385 e. The molecule has 8 nitrogen and oxygen atoms in total. The third-order valence-corrected chi connectivity index (χ3v) is 5.82. The van der Waals surface area contributed by atoms with Gasteiger partial charge in [0.2, 0.25) is 11.8 Å². The molecule has 0 unspecified atom stereocenters. The van der Waals surface area contributed by atoms with E-state index in [0.717, 1.165) is 22.5 Å². The van der Waals surface area contributed by atoms with Crippen molar-refractivity contribution >= 4 is 17.6 Å². The Balaban J connectivity index is 1.71. The predicted octanol–water partition coefficient (Wildman–Crippen LogP) is 4.50. The van der Waals surface area contributed by atoms with Crippen LogP contribution in [0.4, 0.5) is 5.82 Å². The molecule has 2 amide bonds. The zero-order valence-corrected chi connectivity index (χ0v) is 22.5. The van der Waals surface area contributed by atoms with Crippen LogP contribution >= 0.6 is 0 Å². The number of aromatic nitrogens is 2. The molecule has 1 aromatic heterocycles. The minimum absolute atomic E-state index is 0.0961. The van der Waals surface area contributed by atoms with Gasteiger partial charge < -0.3 is 19.7 Å². The van der Waals surface area contributed by atoms with Crippen molar-refractivity contribution in [1.82, 2.24) is 14.7 Å². The highest BCUT2D eigenvalue weighted by Crippen LogP contribution is 2.26. The molecular formula is C29H38N4O4. The third-order valence-electron chi connectivity index (χ3n) is 5.82. The number of benzene rings is 2. The molecule has 198 valence electrons. The quantitative estimate of drug-likeness (QED) is 0.366. The Bertz CT molecular complexity index is 1150. The van der Waals surface area contributed by atoms with E-state index in [4.69, 9.17) is 14.6 Å². The molecular weight excluding hydrogens is 468 g/mol. The van der Waals surface area contributed by atoms with Gasteiger partial charge in [0.15, 0.2) is 0 Å². The van der Waals surface area contributed by atoms with Gasteiger partial charge in [-0.15, -0.1) is 0 Å². The molecule has 0 aliphatic rings. The fourth-order valence-corrected chi connectivity index (χ4v) is 3.69. The second kappa shape index (κ2) is 13.2. The first kappa shape index (κ1) is 28.1. The summed E-state index contributed by atoms with van der Waals surface area (Å²) in [5.74, 6) is 0.00977. The van der Waals surface area contributed by atoms with Gasteiger partial charge in [0.25, 0.3) is 0 Å². The van der Waals surface area contributed by atoms with Gasteiger partial charge in [-0.05, 0) is 31.0 Å². The van der Waals surface area contributed by atoms with Crippen molar-refractivity contribution in [3.05, 3.63) is 77.5 Å². The average Bonchev–Trinajstić information content (AvgIpc) is 3.29. The van der Waals surface area contributed by atoms with E-state index in [1.807, 2.05) is 67.6 Å². The number of carbonyl (C=O) groups is 2. The number of carbonyl (C=O) groups excluding carboxylic acids is 2. The predicted molar refractivity (Wildman–Crippen MR) is 145 cm³/mol. The maximum atomic E-state index is 13.1. The molecule has 0 radical (unpaired) electrons. The van der Waals surface area contributed by atoms with Gasteiger partial charge in [0.05, 0.1) is 24.5 Å². The van der Waals surface area contributed by atoms with Gasteiger partial charge in [-0.2, -0.15) is 5.10 Å². The number of rotatable bonds is 12. The second-order valence-corrected chi connectivity index (χ2v) is 10.1. The van der Waals surface area contributed by atoms with E-state index in [9.17, 15) is 9.59 Å². The number of hydrogen-bond acceptors (Lipinski definition) is 5. The first-order valence-corrected chi connectivity index (χ1v) is 12.5. The van der Waals surface area contributed by atoms with Crippen LogP contribution in [-0.4, -0.2) is 59.9 Å². The Morgan fingerprint density at radius 1 is 1.05 bits per heavy atom. The summed E-state index contributed by atoms with van der Waals surface area (Å²) in [6.45, 7) is 9.26. The molecule has 1 heterocycles. The van der Waals surface area contributed by atoms with Crippen LogP contribution in [0.3, 0.4) is 0 Å². The topological polar surface area (TPSA) is 85.7 Å². The fourth-order valence-electron chi connectivity index (χ4n) is 3.69. The maximum absolute atomic E-state index is 13.1. The summed E-state index contributed by atoms with van der Waals surface area (Å²) in [7, 11) is 1.61. The van der Waals surface area contributed by atoms with E-state index < -0.39 is 0 Å². The van der Waals surface area contributed by atoms with Crippen molar-refractivity contribution < 1.29 is 19.1 Å². The van der Waals surface area contributed by atoms with E-state index >= 15 is 0 Å². The molecule has 0 spiro atoms. The van der Waals surface area contributed by atoms with Crippen LogP contribution in [0.25, 0.3) is 5.69 Å². The Morgan fingerprint density at radius 2 is 1.76 bits per heavy atom. The Kier molecular flexibility index (Phi) is 10.00. The Hall–Kier alpha value is -3.49. The summed E-state index contributed by atoms with van der Waals surface area (Å²) in [5, 5.41) is 7.73. The number of anilines is 1. The normalized spacial score (nSPS) is 11.4. The third kappa shape index (κ3) is 8.55. The van der Waals surface area contributed by atoms with Crippen molar-refractivity contribution in [3.63, 3.8) is 0 Å². The lowest BCUT2D eigenvalue weighted by atomic mass is 9.92. The molecule has 0 saturated heterocycles. The monoisotopic (exact) mass is 506 g/mol. The Morgan fingerprint density at radius 3 is 2.41 bits per heavy atom. The summed E-state index contributed by atoms with van der Waals surface area (Å²) in [6, 6.07) is 19.5. The summed E-state index contributed by atoms with van der Waals surface area (Å²) < 4.78 is 12.5. The SMILES string of the molecule is COCCCN(CC(=O)Nc1cc(C(C)(C)C)nn1-c1ccc(C)cc1)C(=O)COCc1ccccc1. The zero-order chi connectivity index (χ0) is 26.8. The van der Waals surface area contributed by atoms with Crippen LogP contribution in [0.1, 0.15) is 44.0 Å². The summed E-state index contributed by atoms with van der Waals surface area (Å²) in [4.78, 5) is 27.6. The second-order valence-electron chi connectivity index (χ2n) is 10.1. The number of methoxy groups -OCH3 is 1. The summed E-state index contributed by atoms with van der Waals surface area (Å²) >= 11 is 0. The molecule has 0 aliphatic heterocycles. The van der Waals surface area contributed by atoms with Crippen LogP contribution in [0.2, 0.25) is 0 Å². The van der Waals surface area contributed by atoms with Crippen LogP contribution in [-0.2, 0) is 31.1 Å². The highest BCUT2D eigenvalue weighted by Gasteiger charge is 2.23. The number of aryl methyl sites for hydroxylation is 1. The number of hydrogen-bond donors (Lipinski definition) is 1. The van der Waals surface area contributed by atoms with Crippen LogP contribution < -0.4 is 5.32 Å². The van der Waals surface area contributed by atoms with Gasteiger partial charge in [-0.25, -0.2) is 4.68 Å². The molecule has 3 aromatic rings.